The van der Waals surface area contributed by atoms with Crippen molar-refractivity contribution in [2.45, 2.75) is 12.5 Å². The maximum absolute atomic E-state index is 10.8. The van der Waals surface area contributed by atoms with E-state index in [9.17, 15) is 4.79 Å². The van der Waals surface area contributed by atoms with Crippen molar-refractivity contribution in [2.24, 2.45) is 0 Å². The van der Waals surface area contributed by atoms with Crippen molar-refractivity contribution in [3.05, 3.63) is 0 Å². The van der Waals surface area contributed by atoms with Gasteiger partial charge in [0.25, 0.3) is 0 Å². The van der Waals surface area contributed by atoms with Crippen LogP contribution in [0.3, 0.4) is 0 Å². The number of carbonyl (C=O) groups excluding carboxylic acids is 1. The Hall–Kier alpha value is -0.410. The van der Waals surface area contributed by atoms with Gasteiger partial charge in [-0.15, -0.1) is 0 Å². The lowest BCUT2D eigenvalue weighted by Gasteiger charge is -2.04. The van der Waals surface area contributed by atoms with E-state index < -0.39 is 0 Å². The molecule has 0 aromatic carbocycles. The lowest BCUT2D eigenvalue weighted by molar-refractivity contribution is -0.119. The van der Waals surface area contributed by atoms with Crippen molar-refractivity contribution in [3.63, 3.8) is 0 Å². The van der Waals surface area contributed by atoms with Crippen LogP contribution in [-0.2, 0) is 9.53 Å². The fraction of sp³-hybridized carbons (Fsp3) is 0.833. The molecule has 52 valence electrons. The molecule has 0 radical (unpaired) electrons. The summed E-state index contributed by atoms with van der Waals surface area (Å²) in [5.41, 5.74) is 0. The predicted molar refractivity (Wildman–Crippen MR) is 33.3 cm³/mol. The number of carbonyl (C=O) groups is 1. The quantitative estimate of drug-likeness (QED) is 0.549. The molecule has 1 aliphatic heterocycles. The highest BCUT2D eigenvalue weighted by Crippen LogP contribution is 1.99. The topological polar surface area (TPSA) is 38.3 Å². The van der Waals surface area contributed by atoms with Gasteiger partial charge < -0.3 is 10.1 Å². The Bertz CT molecular complexity index is 114. The number of nitrogens with one attached hydrogen (secondary N) is 1. The van der Waals surface area contributed by atoms with E-state index in [-0.39, 0.29) is 11.8 Å². The second-order valence-electron chi connectivity index (χ2n) is 2.18. The van der Waals surface area contributed by atoms with Crippen LogP contribution in [0, 0.1) is 0 Å². The average molecular weight is 129 g/mol. The SMILES string of the molecule is COCC1NCCC1=O. The molecule has 1 heterocycles. The second-order valence-corrected chi connectivity index (χ2v) is 2.18. The van der Waals surface area contributed by atoms with E-state index in [0.717, 1.165) is 6.54 Å². The summed E-state index contributed by atoms with van der Waals surface area (Å²) >= 11 is 0. The van der Waals surface area contributed by atoms with Gasteiger partial charge in [-0.05, 0) is 0 Å². The summed E-state index contributed by atoms with van der Waals surface area (Å²) in [7, 11) is 1.60. The minimum Gasteiger partial charge on any atom is -0.383 e. The Balaban J connectivity index is 2.31. The molecule has 1 saturated heterocycles. The van der Waals surface area contributed by atoms with E-state index in [1.165, 1.54) is 0 Å². The van der Waals surface area contributed by atoms with Crippen molar-refractivity contribution >= 4 is 5.78 Å². The van der Waals surface area contributed by atoms with Crippen LogP contribution >= 0.6 is 0 Å². The molecule has 1 unspecified atom stereocenters. The highest BCUT2D eigenvalue weighted by atomic mass is 16.5. The van der Waals surface area contributed by atoms with E-state index in [1.807, 2.05) is 0 Å². The molecule has 0 spiro atoms. The van der Waals surface area contributed by atoms with E-state index in [0.29, 0.717) is 13.0 Å². The van der Waals surface area contributed by atoms with Gasteiger partial charge in [-0.2, -0.15) is 0 Å². The minimum atomic E-state index is -0.0324. The maximum Gasteiger partial charge on any atom is 0.153 e. The fourth-order valence-corrected chi connectivity index (χ4v) is 0.976. The Morgan fingerprint density at radius 3 is 3.11 bits per heavy atom. The van der Waals surface area contributed by atoms with Crippen molar-refractivity contribution in [2.75, 3.05) is 20.3 Å². The molecule has 0 aromatic heterocycles. The van der Waals surface area contributed by atoms with Gasteiger partial charge in [-0.1, -0.05) is 0 Å². The molecule has 0 amide bonds. The van der Waals surface area contributed by atoms with Gasteiger partial charge in [0.15, 0.2) is 5.78 Å². The number of hydrogen-bond acceptors (Lipinski definition) is 3. The standard InChI is InChI=1S/C6H11NO2/c1-9-4-5-6(8)2-3-7-5/h5,7H,2-4H2,1H3. The average Bonchev–Trinajstić information content (AvgIpc) is 2.18. The van der Waals surface area contributed by atoms with Gasteiger partial charge in [0.2, 0.25) is 0 Å². The van der Waals surface area contributed by atoms with E-state index in [4.69, 9.17) is 4.74 Å². The summed E-state index contributed by atoms with van der Waals surface area (Å²) < 4.78 is 4.81. The van der Waals surface area contributed by atoms with Gasteiger partial charge in [-0.3, -0.25) is 4.79 Å². The largest absolute Gasteiger partial charge is 0.383 e. The first-order valence-corrected chi connectivity index (χ1v) is 3.09. The molecule has 1 rings (SSSR count). The summed E-state index contributed by atoms with van der Waals surface area (Å²) in [6, 6.07) is -0.0324. The van der Waals surface area contributed by atoms with Crippen LogP contribution in [0.1, 0.15) is 6.42 Å². The van der Waals surface area contributed by atoms with E-state index in [2.05, 4.69) is 5.32 Å². The minimum absolute atomic E-state index is 0.0324. The van der Waals surface area contributed by atoms with Crippen LogP contribution in [0.15, 0.2) is 0 Å². The molecule has 3 nitrogen and oxygen atoms in total. The summed E-state index contributed by atoms with van der Waals surface area (Å²) in [4.78, 5) is 10.8. The molecule has 1 atom stereocenters. The van der Waals surface area contributed by atoms with Crippen LogP contribution in [-0.4, -0.2) is 32.1 Å². The molecule has 3 heteroatoms. The summed E-state index contributed by atoms with van der Waals surface area (Å²) in [6.07, 6.45) is 0.661. The predicted octanol–water partition coefficient (Wildman–Crippen LogP) is -0.436. The third kappa shape index (κ3) is 1.50. The monoisotopic (exact) mass is 129 g/mol. The first-order valence-electron chi connectivity index (χ1n) is 3.09. The maximum atomic E-state index is 10.8. The molecule has 0 saturated carbocycles. The second kappa shape index (κ2) is 2.94. The first-order chi connectivity index (χ1) is 4.34. The van der Waals surface area contributed by atoms with Crippen molar-refractivity contribution in [3.8, 4) is 0 Å². The van der Waals surface area contributed by atoms with Gasteiger partial charge in [0.1, 0.15) is 0 Å². The molecule has 0 aromatic rings. The van der Waals surface area contributed by atoms with Gasteiger partial charge >= 0.3 is 0 Å². The van der Waals surface area contributed by atoms with Crippen molar-refractivity contribution < 1.29 is 9.53 Å². The van der Waals surface area contributed by atoms with Crippen LogP contribution < -0.4 is 5.32 Å². The van der Waals surface area contributed by atoms with Crippen LogP contribution in [0.25, 0.3) is 0 Å². The van der Waals surface area contributed by atoms with Crippen LogP contribution in [0.4, 0.5) is 0 Å². The Labute approximate surface area is 54.4 Å². The molecule has 0 aliphatic carbocycles. The Kier molecular flexibility index (Phi) is 2.19. The Morgan fingerprint density at radius 2 is 2.67 bits per heavy atom. The molecule has 1 N–H and O–H groups in total. The highest BCUT2D eigenvalue weighted by molar-refractivity contribution is 5.86. The van der Waals surface area contributed by atoms with Crippen LogP contribution in [0.2, 0.25) is 0 Å². The van der Waals surface area contributed by atoms with Gasteiger partial charge in [0.05, 0.1) is 12.6 Å². The fourth-order valence-electron chi connectivity index (χ4n) is 0.976. The lowest BCUT2D eigenvalue weighted by Crippen LogP contribution is -2.31. The third-order valence-corrected chi connectivity index (χ3v) is 1.48. The molecule has 1 aliphatic rings. The molecule has 1 fully saturated rings. The van der Waals surface area contributed by atoms with Gasteiger partial charge in [-0.25, -0.2) is 0 Å². The highest BCUT2D eigenvalue weighted by Gasteiger charge is 2.22. The number of hydrogen-bond donors (Lipinski definition) is 1. The number of ketones is 1. The Morgan fingerprint density at radius 1 is 1.89 bits per heavy atom. The number of rotatable bonds is 2. The van der Waals surface area contributed by atoms with Crippen LogP contribution in [0.5, 0.6) is 0 Å². The number of methoxy groups -OCH3 is 1. The summed E-state index contributed by atoms with van der Waals surface area (Å²) in [5.74, 6) is 0.275. The molecular weight excluding hydrogens is 118 g/mol. The van der Waals surface area contributed by atoms with E-state index >= 15 is 0 Å². The lowest BCUT2D eigenvalue weighted by atomic mass is 10.2. The smallest absolute Gasteiger partial charge is 0.153 e. The summed E-state index contributed by atoms with van der Waals surface area (Å²) in [5, 5.41) is 3.03. The third-order valence-electron chi connectivity index (χ3n) is 1.48. The zero-order valence-electron chi connectivity index (χ0n) is 5.52. The molecule has 0 bridgehead atoms. The zero-order valence-corrected chi connectivity index (χ0v) is 5.52. The number of ether oxygens (including phenoxy) is 1. The van der Waals surface area contributed by atoms with Crippen molar-refractivity contribution in [1.29, 1.82) is 0 Å². The van der Waals surface area contributed by atoms with Gasteiger partial charge in [0, 0.05) is 20.1 Å². The normalized spacial score (nSPS) is 27.2. The zero-order chi connectivity index (χ0) is 6.69. The van der Waals surface area contributed by atoms with Crippen molar-refractivity contribution in [1.82, 2.24) is 5.32 Å². The first kappa shape index (κ1) is 6.71. The van der Waals surface area contributed by atoms with E-state index in [1.54, 1.807) is 7.11 Å². The molecular formula is C6H11NO2. The summed E-state index contributed by atoms with van der Waals surface area (Å²) in [6.45, 7) is 1.33. The number of Topliss-reactive ketones (excluding diaryl/α,β-unsaturated/α-hetero) is 1. The molecule has 9 heavy (non-hydrogen) atoms.